The third-order valence-corrected chi connectivity index (χ3v) is 5.39. The quantitative estimate of drug-likeness (QED) is 0.572. The average Bonchev–Trinajstić information content (AvgIpc) is 2.69. The van der Waals surface area contributed by atoms with Crippen LogP contribution in [0.25, 0.3) is 0 Å². The SMILES string of the molecule is C=CCn1c(O)c([C@@H]2c3cc(OC)c(OC)cc3CCN2C(C)=O)c(=O)[nH]c1=S. The summed E-state index contributed by atoms with van der Waals surface area (Å²) in [5, 5.41) is 10.9. The number of carbonyl (C=O) groups is 1. The molecule has 3 rings (SSSR count). The fourth-order valence-electron chi connectivity index (χ4n) is 3.72. The average molecular weight is 417 g/mol. The second-order valence-electron chi connectivity index (χ2n) is 6.67. The van der Waals surface area contributed by atoms with Crippen molar-refractivity contribution in [1.82, 2.24) is 14.5 Å². The topological polar surface area (TPSA) is 96.8 Å². The summed E-state index contributed by atoms with van der Waals surface area (Å²) < 4.78 is 12.2. The summed E-state index contributed by atoms with van der Waals surface area (Å²) in [6, 6.07) is 2.78. The highest BCUT2D eigenvalue weighted by molar-refractivity contribution is 7.71. The number of benzene rings is 1. The summed E-state index contributed by atoms with van der Waals surface area (Å²) in [5.41, 5.74) is 1.09. The molecule has 1 aliphatic heterocycles. The Bertz CT molecular complexity index is 1090. The number of nitrogens with one attached hydrogen (secondary N) is 1. The minimum Gasteiger partial charge on any atom is -0.494 e. The van der Waals surface area contributed by atoms with Crippen LogP contribution in [0.15, 0.2) is 29.6 Å². The van der Waals surface area contributed by atoms with Crippen LogP contribution in [0.3, 0.4) is 0 Å². The lowest BCUT2D eigenvalue weighted by Gasteiger charge is -2.37. The van der Waals surface area contributed by atoms with E-state index in [0.29, 0.717) is 30.0 Å². The number of hydrogen-bond donors (Lipinski definition) is 2. The molecule has 2 aromatic rings. The van der Waals surface area contributed by atoms with E-state index in [1.807, 2.05) is 6.07 Å². The molecule has 0 unspecified atom stereocenters. The molecule has 29 heavy (non-hydrogen) atoms. The van der Waals surface area contributed by atoms with Crippen molar-refractivity contribution in [3.63, 3.8) is 0 Å². The van der Waals surface area contributed by atoms with Gasteiger partial charge in [0.05, 0.1) is 20.3 Å². The van der Waals surface area contributed by atoms with Crippen LogP contribution in [-0.4, -0.2) is 46.2 Å². The van der Waals surface area contributed by atoms with Crippen LogP contribution >= 0.6 is 12.2 Å². The van der Waals surface area contributed by atoms with Gasteiger partial charge in [-0.1, -0.05) is 6.08 Å². The molecule has 2 N–H and O–H groups in total. The number of carbonyl (C=O) groups excluding carboxylic acids is 1. The van der Waals surface area contributed by atoms with Gasteiger partial charge in [-0.25, -0.2) is 0 Å². The molecule has 9 heteroatoms. The first-order valence-corrected chi connectivity index (χ1v) is 9.43. The highest BCUT2D eigenvalue weighted by Gasteiger charge is 2.36. The summed E-state index contributed by atoms with van der Waals surface area (Å²) >= 11 is 5.17. The van der Waals surface area contributed by atoms with Gasteiger partial charge in [0, 0.05) is 20.0 Å². The minimum atomic E-state index is -0.800. The van der Waals surface area contributed by atoms with Gasteiger partial charge >= 0.3 is 0 Å². The normalized spacial score (nSPS) is 15.6. The molecule has 0 radical (unpaired) electrons. The molecule has 1 atom stereocenters. The van der Waals surface area contributed by atoms with Crippen molar-refractivity contribution < 1.29 is 19.4 Å². The number of aromatic nitrogens is 2. The van der Waals surface area contributed by atoms with Gasteiger partial charge in [0.1, 0.15) is 5.56 Å². The molecule has 1 aliphatic rings. The summed E-state index contributed by atoms with van der Waals surface area (Å²) in [5.74, 6) is 0.517. The number of amides is 1. The molecule has 0 saturated carbocycles. The van der Waals surface area contributed by atoms with Crippen molar-refractivity contribution >= 4 is 18.1 Å². The number of allylic oxidation sites excluding steroid dienone is 1. The lowest BCUT2D eigenvalue weighted by molar-refractivity contribution is -0.130. The number of methoxy groups -OCH3 is 2. The molecule has 0 saturated heterocycles. The van der Waals surface area contributed by atoms with Crippen molar-refractivity contribution in [1.29, 1.82) is 0 Å². The van der Waals surface area contributed by atoms with Gasteiger partial charge in [-0.15, -0.1) is 6.58 Å². The van der Waals surface area contributed by atoms with Gasteiger partial charge in [-0.3, -0.25) is 19.1 Å². The molecule has 0 aliphatic carbocycles. The maximum Gasteiger partial charge on any atom is 0.261 e. The van der Waals surface area contributed by atoms with Gasteiger partial charge in [-0.2, -0.15) is 0 Å². The first-order valence-electron chi connectivity index (χ1n) is 9.02. The first-order chi connectivity index (χ1) is 13.8. The third-order valence-electron chi connectivity index (χ3n) is 5.07. The number of rotatable bonds is 5. The molecule has 1 amide bonds. The number of fused-ring (bicyclic) bond motifs is 1. The molecule has 0 fully saturated rings. The predicted molar refractivity (Wildman–Crippen MR) is 110 cm³/mol. The zero-order valence-corrected chi connectivity index (χ0v) is 17.3. The Morgan fingerprint density at radius 1 is 1.38 bits per heavy atom. The summed E-state index contributed by atoms with van der Waals surface area (Å²) in [4.78, 5) is 29.4. The van der Waals surface area contributed by atoms with Crippen LogP contribution in [-0.2, 0) is 17.8 Å². The van der Waals surface area contributed by atoms with Crippen LogP contribution in [0.5, 0.6) is 17.4 Å². The van der Waals surface area contributed by atoms with Gasteiger partial charge in [0.25, 0.3) is 5.56 Å². The molecular formula is C20H23N3O5S. The minimum absolute atomic E-state index is 0.0452. The van der Waals surface area contributed by atoms with E-state index < -0.39 is 11.6 Å². The number of ether oxygens (including phenoxy) is 2. The summed E-state index contributed by atoms with van der Waals surface area (Å²) in [6.45, 7) is 5.69. The van der Waals surface area contributed by atoms with Crippen molar-refractivity contribution in [2.45, 2.75) is 25.9 Å². The van der Waals surface area contributed by atoms with Gasteiger partial charge in [0.15, 0.2) is 16.3 Å². The Balaban J connectivity index is 2.34. The van der Waals surface area contributed by atoms with E-state index in [1.165, 1.54) is 18.6 Å². The van der Waals surface area contributed by atoms with Crippen molar-refractivity contribution in [2.24, 2.45) is 0 Å². The second-order valence-corrected chi connectivity index (χ2v) is 7.05. The molecule has 8 nitrogen and oxygen atoms in total. The van der Waals surface area contributed by atoms with Crippen LogP contribution in [0.2, 0.25) is 0 Å². The van der Waals surface area contributed by atoms with E-state index in [2.05, 4.69) is 11.6 Å². The Labute approximate surface area is 173 Å². The van der Waals surface area contributed by atoms with E-state index in [0.717, 1.165) is 5.56 Å². The Morgan fingerprint density at radius 2 is 2.03 bits per heavy atom. The van der Waals surface area contributed by atoms with Gasteiger partial charge in [0.2, 0.25) is 11.8 Å². The maximum atomic E-state index is 12.9. The highest BCUT2D eigenvalue weighted by Crippen LogP contribution is 2.42. The van der Waals surface area contributed by atoms with Gasteiger partial charge in [-0.05, 0) is 41.9 Å². The lowest BCUT2D eigenvalue weighted by atomic mass is 9.88. The molecule has 1 aromatic heterocycles. The number of aromatic amines is 1. The van der Waals surface area contributed by atoms with Crippen LogP contribution in [0, 0.1) is 4.77 Å². The zero-order valence-electron chi connectivity index (χ0n) is 16.5. The van der Waals surface area contributed by atoms with Crippen molar-refractivity contribution in [2.75, 3.05) is 20.8 Å². The third kappa shape index (κ3) is 3.53. The zero-order chi connectivity index (χ0) is 21.3. The van der Waals surface area contributed by atoms with E-state index >= 15 is 0 Å². The van der Waals surface area contributed by atoms with Crippen molar-refractivity contribution in [3.8, 4) is 17.4 Å². The largest absolute Gasteiger partial charge is 0.494 e. The smallest absolute Gasteiger partial charge is 0.261 e. The Morgan fingerprint density at radius 3 is 2.62 bits per heavy atom. The maximum absolute atomic E-state index is 12.9. The van der Waals surface area contributed by atoms with Crippen LogP contribution in [0.4, 0.5) is 0 Å². The van der Waals surface area contributed by atoms with Gasteiger partial charge < -0.3 is 19.5 Å². The number of nitrogens with zero attached hydrogens (tertiary/aromatic N) is 2. The molecule has 0 bridgehead atoms. The molecule has 154 valence electrons. The Hall–Kier alpha value is -3.07. The number of aromatic hydroxyl groups is 1. The van der Waals surface area contributed by atoms with E-state index in [-0.39, 0.29) is 28.7 Å². The number of hydrogen-bond acceptors (Lipinski definition) is 6. The molecule has 0 spiro atoms. The van der Waals surface area contributed by atoms with E-state index in [4.69, 9.17) is 21.7 Å². The summed E-state index contributed by atoms with van der Waals surface area (Å²) in [7, 11) is 3.06. The van der Waals surface area contributed by atoms with Crippen LogP contribution < -0.4 is 15.0 Å². The van der Waals surface area contributed by atoms with E-state index in [1.54, 1.807) is 24.2 Å². The Kier molecular flexibility index (Phi) is 5.78. The fourth-order valence-corrected chi connectivity index (χ4v) is 3.97. The molecular weight excluding hydrogens is 394 g/mol. The lowest BCUT2D eigenvalue weighted by Crippen LogP contribution is -2.42. The second kappa shape index (κ2) is 8.12. The molecule has 2 heterocycles. The number of H-pyrrole nitrogens is 1. The molecule has 1 aromatic carbocycles. The van der Waals surface area contributed by atoms with Crippen molar-refractivity contribution in [3.05, 3.63) is 56.6 Å². The monoisotopic (exact) mass is 417 g/mol. The van der Waals surface area contributed by atoms with E-state index in [9.17, 15) is 14.7 Å². The first kappa shape index (κ1) is 20.7. The predicted octanol–water partition coefficient (Wildman–Crippen LogP) is 2.31. The van der Waals surface area contributed by atoms with Crippen LogP contribution in [0.1, 0.15) is 29.7 Å². The standard InChI is InChI=1S/C20H23N3O5S/c1-5-7-23-19(26)16(18(25)21-20(23)29)17-13-10-15(28-4)14(27-3)9-12(13)6-8-22(17)11(2)24/h5,9-10,17,26H,1,6-8H2,2-4H3,(H,21,25,29)/t17-/m0/s1. The summed E-state index contributed by atoms with van der Waals surface area (Å²) in [6.07, 6.45) is 2.14. The highest BCUT2D eigenvalue weighted by atomic mass is 32.1. The fraction of sp³-hybridized carbons (Fsp3) is 0.350.